The first-order chi connectivity index (χ1) is 8.72. The van der Waals surface area contributed by atoms with Crippen LogP contribution < -0.4 is 5.73 Å². The Hall–Kier alpha value is -1.14. The standard InChI is InChI=1S/C13H19FN2O2S/c1-13(2)6-3-7-16(9-13)19(17,18)12-5-4-10(14)8-11(12)15/h4-5,8H,3,6-7,9,15H2,1-2H3. The van der Waals surface area contributed by atoms with Gasteiger partial charge in [0.1, 0.15) is 10.7 Å². The van der Waals surface area contributed by atoms with Gasteiger partial charge in [0.05, 0.1) is 5.69 Å². The highest BCUT2D eigenvalue weighted by Crippen LogP contribution is 2.33. The second-order valence-electron chi connectivity index (χ2n) is 5.79. The Labute approximate surface area is 113 Å². The lowest BCUT2D eigenvalue weighted by Gasteiger charge is -2.37. The smallest absolute Gasteiger partial charge is 0.245 e. The molecule has 0 atom stereocenters. The van der Waals surface area contributed by atoms with Gasteiger partial charge in [-0.2, -0.15) is 4.31 Å². The maximum atomic E-state index is 13.0. The molecule has 1 aliphatic rings. The SMILES string of the molecule is CC1(C)CCCN(S(=O)(=O)c2ccc(F)cc2N)C1. The molecule has 0 unspecified atom stereocenters. The molecule has 0 saturated carbocycles. The van der Waals surface area contributed by atoms with Crippen molar-refractivity contribution in [2.24, 2.45) is 5.41 Å². The molecule has 2 N–H and O–H groups in total. The molecule has 0 spiro atoms. The monoisotopic (exact) mass is 286 g/mol. The van der Waals surface area contributed by atoms with E-state index in [-0.39, 0.29) is 16.0 Å². The van der Waals surface area contributed by atoms with E-state index in [0.29, 0.717) is 13.1 Å². The summed E-state index contributed by atoms with van der Waals surface area (Å²) < 4.78 is 39.5. The van der Waals surface area contributed by atoms with Gasteiger partial charge in [0.25, 0.3) is 0 Å². The summed E-state index contributed by atoms with van der Waals surface area (Å²) in [5, 5.41) is 0. The molecule has 106 valence electrons. The third kappa shape index (κ3) is 2.90. The van der Waals surface area contributed by atoms with E-state index < -0.39 is 15.8 Å². The van der Waals surface area contributed by atoms with Crippen LogP contribution in [0.1, 0.15) is 26.7 Å². The predicted molar refractivity (Wildman–Crippen MR) is 72.6 cm³/mol. The highest BCUT2D eigenvalue weighted by atomic mass is 32.2. The number of anilines is 1. The van der Waals surface area contributed by atoms with Gasteiger partial charge in [-0.15, -0.1) is 0 Å². The first-order valence-corrected chi connectivity index (χ1v) is 7.72. The highest BCUT2D eigenvalue weighted by Gasteiger charge is 2.34. The Morgan fingerprint density at radius 1 is 1.37 bits per heavy atom. The van der Waals surface area contributed by atoms with Crippen molar-refractivity contribution in [3.63, 3.8) is 0 Å². The normalized spacial score (nSPS) is 20.4. The second-order valence-corrected chi connectivity index (χ2v) is 7.69. The number of halogens is 1. The number of benzene rings is 1. The molecule has 4 nitrogen and oxygen atoms in total. The van der Waals surface area contributed by atoms with Gasteiger partial charge >= 0.3 is 0 Å². The molecule has 0 aromatic heterocycles. The molecule has 1 heterocycles. The number of piperidine rings is 1. The van der Waals surface area contributed by atoms with Crippen molar-refractivity contribution < 1.29 is 12.8 Å². The molecule has 1 aromatic rings. The third-order valence-corrected chi connectivity index (χ3v) is 5.37. The lowest BCUT2D eigenvalue weighted by atomic mass is 9.85. The summed E-state index contributed by atoms with van der Waals surface area (Å²) in [4.78, 5) is -0.00778. The first-order valence-electron chi connectivity index (χ1n) is 6.28. The second kappa shape index (κ2) is 4.76. The number of sulfonamides is 1. The van der Waals surface area contributed by atoms with Crippen molar-refractivity contribution in [3.05, 3.63) is 24.0 Å². The maximum Gasteiger partial charge on any atom is 0.245 e. The van der Waals surface area contributed by atoms with E-state index in [0.717, 1.165) is 25.0 Å². The van der Waals surface area contributed by atoms with Gasteiger partial charge in [0.15, 0.2) is 0 Å². The van der Waals surface area contributed by atoms with Crippen molar-refractivity contribution in [2.75, 3.05) is 18.8 Å². The van der Waals surface area contributed by atoms with E-state index in [2.05, 4.69) is 0 Å². The van der Waals surface area contributed by atoms with Gasteiger partial charge in [-0.1, -0.05) is 13.8 Å². The van der Waals surface area contributed by atoms with Crippen molar-refractivity contribution in [2.45, 2.75) is 31.6 Å². The lowest BCUT2D eigenvalue weighted by Crippen LogP contribution is -2.43. The van der Waals surface area contributed by atoms with Gasteiger partial charge < -0.3 is 5.73 Å². The van der Waals surface area contributed by atoms with Gasteiger partial charge in [-0.25, -0.2) is 12.8 Å². The molecule has 0 amide bonds. The van der Waals surface area contributed by atoms with E-state index in [9.17, 15) is 12.8 Å². The van der Waals surface area contributed by atoms with E-state index in [1.165, 1.54) is 10.4 Å². The quantitative estimate of drug-likeness (QED) is 0.848. The molecular weight excluding hydrogens is 267 g/mol. The Morgan fingerprint density at radius 3 is 2.63 bits per heavy atom. The minimum absolute atomic E-state index is 0.00778. The Bertz CT molecular complexity index is 584. The number of nitrogens with two attached hydrogens (primary N) is 1. The van der Waals surface area contributed by atoms with Gasteiger partial charge in [0.2, 0.25) is 10.0 Å². The number of nitrogen functional groups attached to an aromatic ring is 1. The zero-order chi connectivity index (χ0) is 14.3. The number of hydrogen-bond donors (Lipinski definition) is 1. The van der Waals surface area contributed by atoms with Gasteiger partial charge in [-0.05, 0) is 36.5 Å². The first kappa shape index (κ1) is 14.3. The summed E-state index contributed by atoms with van der Waals surface area (Å²) in [6.45, 7) is 5.04. The van der Waals surface area contributed by atoms with Crippen molar-refractivity contribution in [1.29, 1.82) is 0 Å². The molecular formula is C13H19FN2O2S. The Balaban J connectivity index is 2.37. The van der Waals surface area contributed by atoms with Crippen LogP contribution in [0.2, 0.25) is 0 Å². The molecule has 1 aromatic carbocycles. The van der Waals surface area contributed by atoms with Crippen LogP contribution in [0.15, 0.2) is 23.1 Å². The molecule has 0 bridgehead atoms. The van der Waals surface area contributed by atoms with Crippen LogP contribution in [0, 0.1) is 11.2 Å². The Kier molecular flexibility index (Phi) is 3.57. The summed E-state index contributed by atoms with van der Waals surface area (Å²) in [7, 11) is -3.64. The van der Waals surface area contributed by atoms with Crippen LogP contribution >= 0.6 is 0 Å². The van der Waals surface area contributed by atoms with Crippen molar-refractivity contribution in [1.82, 2.24) is 4.31 Å². The van der Waals surface area contributed by atoms with Crippen molar-refractivity contribution in [3.8, 4) is 0 Å². The largest absolute Gasteiger partial charge is 0.398 e. The van der Waals surface area contributed by atoms with Crippen LogP contribution in [-0.2, 0) is 10.0 Å². The van der Waals surface area contributed by atoms with E-state index in [1.54, 1.807) is 0 Å². The number of rotatable bonds is 2. The highest BCUT2D eigenvalue weighted by molar-refractivity contribution is 7.89. The lowest BCUT2D eigenvalue weighted by molar-refractivity contribution is 0.187. The minimum atomic E-state index is -3.64. The summed E-state index contributed by atoms with van der Waals surface area (Å²) in [6, 6.07) is 3.40. The van der Waals surface area contributed by atoms with Crippen LogP contribution in [0.5, 0.6) is 0 Å². The van der Waals surface area contributed by atoms with Crippen LogP contribution in [0.3, 0.4) is 0 Å². The maximum absolute atomic E-state index is 13.0. The third-order valence-electron chi connectivity index (χ3n) is 3.46. The fraction of sp³-hybridized carbons (Fsp3) is 0.538. The molecule has 6 heteroatoms. The molecule has 1 aliphatic heterocycles. The predicted octanol–water partition coefficient (Wildman–Crippen LogP) is 2.22. The van der Waals surface area contributed by atoms with Crippen LogP contribution in [0.25, 0.3) is 0 Å². The van der Waals surface area contributed by atoms with Gasteiger partial charge in [0, 0.05) is 13.1 Å². The Morgan fingerprint density at radius 2 is 2.05 bits per heavy atom. The van der Waals surface area contributed by atoms with Crippen LogP contribution in [0.4, 0.5) is 10.1 Å². The molecule has 0 aliphatic carbocycles. The van der Waals surface area contributed by atoms with Crippen molar-refractivity contribution >= 4 is 15.7 Å². The minimum Gasteiger partial charge on any atom is -0.398 e. The average molecular weight is 286 g/mol. The number of nitrogens with zero attached hydrogens (tertiary/aromatic N) is 1. The molecule has 1 fully saturated rings. The fourth-order valence-corrected chi connectivity index (χ4v) is 4.23. The summed E-state index contributed by atoms with van der Waals surface area (Å²) in [6.07, 6.45) is 1.82. The summed E-state index contributed by atoms with van der Waals surface area (Å²) in [5.74, 6) is -0.532. The van der Waals surface area contributed by atoms with E-state index in [1.807, 2.05) is 13.8 Å². The topological polar surface area (TPSA) is 63.4 Å². The molecule has 1 saturated heterocycles. The molecule has 2 rings (SSSR count). The van der Waals surface area contributed by atoms with E-state index in [4.69, 9.17) is 5.73 Å². The average Bonchev–Trinajstić information content (AvgIpc) is 2.27. The fourth-order valence-electron chi connectivity index (χ4n) is 2.47. The summed E-state index contributed by atoms with van der Waals surface area (Å²) in [5.41, 5.74) is 5.56. The molecule has 0 radical (unpaired) electrons. The zero-order valence-electron chi connectivity index (χ0n) is 11.2. The van der Waals surface area contributed by atoms with Gasteiger partial charge in [-0.3, -0.25) is 0 Å². The number of hydrogen-bond acceptors (Lipinski definition) is 3. The van der Waals surface area contributed by atoms with Crippen LogP contribution in [-0.4, -0.2) is 25.8 Å². The van der Waals surface area contributed by atoms with E-state index >= 15 is 0 Å². The zero-order valence-corrected chi connectivity index (χ0v) is 12.0. The molecule has 19 heavy (non-hydrogen) atoms. The summed E-state index contributed by atoms with van der Waals surface area (Å²) >= 11 is 0.